The number of hydrogen-bond acceptors (Lipinski definition) is 8. The molecular weight excluding hydrogens is 498 g/mol. The summed E-state index contributed by atoms with van der Waals surface area (Å²) in [6.07, 6.45) is 17.3. The molecule has 0 aliphatic carbocycles. The van der Waals surface area contributed by atoms with E-state index in [-0.39, 0.29) is 12.5 Å². The third kappa shape index (κ3) is 13.9. The lowest BCUT2D eigenvalue weighted by molar-refractivity contribution is -0.757. The van der Waals surface area contributed by atoms with Crippen molar-refractivity contribution in [3.05, 3.63) is 34.0 Å². The minimum absolute atomic E-state index is 0.215. The number of rotatable bonds is 21. The monoisotopic (exact) mass is 549 g/mol. The van der Waals surface area contributed by atoms with Crippen molar-refractivity contribution in [3.8, 4) is 0 Å². The summed E-state index contributed by atoms with van der Waals surface area (Å²) < 4.78 is 0. The highest BCUT2D eigenvalue weighted by Crippen LogP contribution is 2.17. The predicted molar refractivity (Wildman–Crippen MR) is 154 cm³/mol. The number of carbonyl (C=O) groups is 1. The van der Waals surface area contributed by atoms with Gasteiger partial charge in [-0.15, -0.1) is 10.1 Å². The molecular formula is C29H51N5O5. The Hall–Kier alpha value is -2.46. The second kappa shape index (κ2) is 19.6. The molecule has 1 aromatic rings. The molecule has 0 atom stereocenters. The first kappa shape index (κ1) is 32.8. The number of hydrogen-bond donors (Lipinski definition) is 1. The van der Waals surface area contributed by atoms with E-state index in [1.165, 1.54) is 51.4 Å². The number of aromatic nitrogens is 1. The number of anilines is 1. The molecule has 0 spiro atoms. The minimum Gasteiger partial charge on any atom is -0.354 e. The van der Waals surface area contributed by atoms with Gasteiger partial charge in [0.15, 0.2) is 0 Å². The van der Waals surface area contributed by atoms with E-state index in [0.717, 1.165) is 75.6 Å². The van der Waals surface area contributed by atoms with Crippen molar-refractivity contribution in [2.24, 2.45) is 0 Å². The molecule has 1 amide bonds. The lowest BCUT2D eigenvalue weighted by atomic mass is 10.0. The first-order valence-electron chi connectivity index (χ1n) is 15.1. The van der Waals surface area contributed by atoms with Crippen molar-refractivity contribution in [1.82, 2.24) is 14.9 Å². The Morgan fingerprint density at radius 3 is 1.90 bits per heavy atom. The normalized spacial score (nSPS) is 14.1. The lowest BCUT2D eigenvalue weighted by Gasteiger charge is -2.37. The van der Waals surface area contributed by atoms with E-state index >= 15 is 0 Å². The molecule has 10 nitrogen and oxygen atoms in total. The number of piperazine rings is 1. The number of amides is 1. The molecule has 2 heterocycles. The van der Waals surface area contributed by atoms with E-state index in [1.54, 1.807) is 12.3 Å². The van der Waals surface area contributed by atoms with Crippen molar-refractivity contribution in [2.45, 2.75) is 110 Å². The highest BCUT2D eigenvalue weighted by atomic mass is 16.9. The summed E-state index contributed by atoms with van der Waals surface area (Å²) in [7, 11) is 0. The van der Waals surface area contributed by atoms with Crippen LogP contribution < -0.4 is 4.90 Å². The molecule has 0 unspecified atom stereocenters. The zero-order chi connectivity index (χ0) is 28.3. The van der Waals surface area contributed by atoms with E-state index in [2.05, 4.69) is 33.5 Å². The predicted octanol–water partition coefficient (Wildman–Crippen LogP) is 6.11. The van der Waals surface area contributed by atoms with Crippen LogP contribution >= 0.6 is 0 Å². The Kier molecular flexibility index (Phi) is 16.4. The van der Waals surface area contributed by atoms with Crippen LogP contribution in [0.25, 0.3) is 0 Å². The zero-order valence-electron chi connectivity index (χ0n) is 24.3. The van der Waals surface area contributed by atoms with E-state index in [4.69, 9.17) is 0 Å². The van der Waals surface area contributed by atoms with Gasteiger partial charge in [-0.3, -0.25) is 14.9 Å². The largest absolute Gasteiger partial charge is 0.354 e. The van der Waals surface area contributed by atoms with Gasteiger partial charge in [-0.1, -0.05) is 77.0 Å². The molecule has 1 fully saturated rings. The number of hydroxylamine groups is 2. The summed E-state index contributed by atoms with van der Waals surface area (Å²) in [4.78, 5) is 36.1. The Bertz CT molecular complexity index is 800. The fraction of sp³-hybridized carbons (Fsp3) is 0.793. The highest BCUT2D eigenvalue weighted by Gasteiger charge is 2.20. The maximum absolute atomic E-state index is 12.6. The van der Waals surface area contributed by atoms with Crippen molar-refractivity contribution in [3.63, 3.8) is 0 Å². The SMILES string of the molecule is CC(C)N1CCN(c2ccc(C(=O)N(O)CCCCCCCCCCCCCCCCO[N+](=O)[O-])cn2)CC1. The van der Waals surface area contributed by atoms with Crippen LogP contribution in [0.3, 0.4) is 0 Å². The molecule has 1 aromatic heterocycles. The topological polar surface area (TPSA) is 112 Å². The molecule has 1 aliphatic heterocycles. The molecule has 1 saturated heterocycles. The average Bonchev–Trinajstić information content (AvgIpc) is 2.94. The van der Waals surface area contributed by atoms with Crippen LogP contribution in [0.2, 0.25) is 0 Å². The third-order valence-electron chi connectivity index (χ3n) is 7.56. The van der Waals surface area contributed by atoms with Crippen LogP contribution in [0, 0.1) is 10.1 Å². The molecule has 10 heteroatoms. The maximum Gasteiger partial charge on any atom is 0.294 e. The van der Waals surface area contributed by atoms with E-state index in [0.29, 0.717) is 18.2 Å². The number of pyridine rings is 1. The molecule has 222 valence electrons. The van der Waals surface area contributed by atoms with Crippen molar-refractivity contribution < 1.29 is 19.9 Å². The number of carbonyl (C=O) groups excluding carboxylic acids is 1. The summed E-state index contributed by atoms with van der Waals surface area (Å²) >= 11 is 0. The Morgan fingerprint density at radius 2 is 1.44 bits per heavy atom. The first-order chi connectivity index (χ1) is 18.9. The third-order valence-corrected chi connectivity index (χ3v) is 7.56. The van der Waals surface area contributed by atoms with Crippen molar-refractivity contribution >= 4 is 11.7 Å². The molecule has 0 bridgehead atoms. The van der Waals surface area contributed by atoms with Crippen LogP contribution in [0.4, 0.5) is 5.82 Å². The standard InChI is InChI=1S/C29H51N5O5/c1-26(2)31-20-22-32(23-21-31)28-18-17-27(25-30-28)29(35)33(36)19-15-13-11-9-7-5-3-4-6-8-10-12-14-16-24-39-34(37)38/h17-18,25-26,36H,3-16,19-24H2,1-2H3. The van der Waals surface area contributed by atoms with Crippen LogP contribution in [0.1, 0.15) is 114 Å². The number of nitrogens with zero attached hydrogens (tertiary/aromatic N) is 5. The quantitative estimate of drug-likeness (QED) is 0.0845. The van der Waals surface area contributed by atoms with Gasteiger partial charge in [-0.05, 0) is 38.8 Å². The summed E-state index contributed by atoms with van der Waals surface area (Å²) in [6.45, 7) is 8.89. The zero-order valence-corrected chi connectivity index (χ0v) is 24.3. The average molecular weight is 550 g/mol. The maximum atomic E-state index is 12.6. The fourth-order valence-corrected chi connectivity index (χ4v) is 5.04. The summed E-state index contributed by atoms with van der Waals surface area (Å²) in [6, 6.07) is 4.20. The molecule has 1 aliphatic rings. The lowest BCUT2D eigenvalue weighted by Crippen LogP contribution is -2.49. The minimum atomic E-state index is -0.722. The summed E-state index contributed by atoms with van der Waals surface area (Å²) in [5, 5.41) is 20.4. The second-order valence-electron chi connectivity index (χ2n) is 11.0. The van der Waals surface area contributed by atoms with E-state index < -0.39 is 5.09 Å². The number of unbranched alkanes of at least 4 members (excludes halogenated alkanes) is 13. The van der Waals surface area contributed by atoms with Gasteiger partial charge >= 0.3 is 0 Å². The van der Waals surface area contributed by atoms with Gasteiger partial charge in [-0.25, -0.2) is 10.0 Å². The summed E-state index contributed by atoms with van der Waals surface area (Å²) in [5.41, 5.74) is 0.421. The van der Waals surface area contributed by atoms with Gasteiger partial charge in [0, 0.05) is 45.0 Å². The van der Waals surface area contributed by atoms with Crippen molar-refractivity contribution in [2.75, 3.05) is 44.2 Å². The summed E-state index contributed by atoms with van der Waals surface area (Å²) in [5.74, 6) is 0.497. The smallest absolute Gasteiger partial charge is 0.294 e. The van der Waals surface area contributed by atoms with Gasteiger partial charge in [-0.2, -0.15) is 0 Å². The Labute approximate surface area is 234 Å². The van der Waals surface area contributed by atoms with Crippen LogP contribution in [0.15, 0.2) is 18.3 Å². The Morgan fingerprint density at radius 1 is 0.923 bits per heavy atom. The molecule has 39 heavy (non-hydrogen) atoms. The van der Waals surface area contributed by atoms with Crippen molar-refractivity contribution in [1.29, 1.82) is 0 Å². The van der Waals surface area contributed by atoms with Gasteiger partial charge < -0.3 is 9.74 Å². The van der Waals surface area contributed by atoms with Gasteiger partial charge in [0.2, 0.25) is 0 Å². The first-order valence-corrected chi connectivity index (χ1v) is 15.1. The molecule has 0 aromatic carbocycles. The van der Waals surface area contributed by atoms with Crippen LogP contribution in [-0.2, 0) is 4.84 Å². The molecule has 1 N–H and O–H groups in total. The molecule has 2 rings (SSSR count). The van der Waals surface area contributed by atoms with E-state index in [9.17, 15) is 20.1 Å². The highest BCUT2D eigenvalue weighted by molar-refractivity contribution is 5.93. The van der Waals surface area contributed by atoms with Crippen LogP contribution in [-0.4, -0.2) is 76.5 Å². The van der Waals surface area contributed by atoms with Crippen LogP contribution in [0.5, 0.6) is 0 Å². The van der Waals surface area contributed by atoms with E-state index in [1.807, 2.05) is 6.07 Å². The second-order valence-corrected chi connectivity index (χ2v) is 11.0. The fourth-order valence-electron chi connectivity index (χ4n) is 5.04. The van der Waals surface area contributed by atoms with Gasteiger partial charge in [0.05, 0.1) is 12.2 Å². The van der Waals surface area contributed by atoms with Gasteiger partial charge in [0.25, 0.3) is 11.0 Å². The molecule has 0 saturated carbocycles. The molecule has 0 radical (unpaired) electrons. The van der Waals surface area contributed by atoms with Gasteiger partial charge in [0.1, 0.15) is 5.82 Å². The Balaban J connectivity index is 1.43.